The van der Waals surface area contributed by atoms with E-state index in [0.29, 0.717) is 19.1 Å². The summed E-state index contributed by atoms with van der Waals surface area (Å²) in [5, 5.41) is 6.77. The van der Waals surface area contributed by atoms with Crippen LogP contribution in [-0.2, 0) is 16.3 Å². The molecule has 0 bridgehead atoms. The van der Waals surface area contributed by atoms with E-state index >= 15 is 0 Å². The monoisotopic (exact) mass is 412 g/mol. The van der Waals surface area contributed by atoms with Crippen molar-refractivity contribution in [2.75, 3.05) is 44.7 Å². The second kappa shape index (κ2) is 11.4. The molecular formula is C20H33FN4O2S. The molecule has 1 heterocycles. The van der Waals surface area contributed by atoms with E-state index in [4.69, 9.17) is 0 Å². The molecule has 0 aromatic heterocycles. The highest BCUT2D eigenvalue weighted by molar-refractivity contribution is 7.90. The van der Waals surface area contributed by atoms with E-state index in [1.165, 1.54) is 12.3 Å². The molecule has 0 saturated carbocycles. The Hall–Kier alpha value is -1.67. The first-order valence-electron chi connectivity index (χ1n) is 10.0. The number of aryl methyl sites for hydroxylation is 1. The van der Waals surface area contributed by atoms with E-state index in [1.807, 2.05) is 13.0 Å². The Morgan fingerprint density at radius 2 is 2.07 bits per heavy atom. The van der Waals surface area contributed by atoms with E-state index in [-0.39, 0.29) is 11.6 Å². The third-order valence-corrected chi connectivity index (χ3v) is 5.76. The Kier molecular flexibility index (Phi) is 9.18. The highest BCUT2D eigenvalue weighted by Gasteiger charge is 2.20. The van der Waals surface area contributed by atoms with Gasteiger partial charge in [-0.2, -0.15) is 0 Å². The largest absolute Gasteiger partial charge is 0.357 e. The number of likely N-dealkylation sites (tertiary alicyclic amines) is 1. The number of nitrogens with zero attached hydrogens (tertiary/aromatic N) is 2. The van der Waals surface area contributed by atoms with E-state index in [0.717, 1.165) is 56.8 Å². The summed E-state index contributed by atoms with van der Waals surface area (Å²) in [6.07, 6.45) is 4.90. The van der Waals surface area contributed by atoms with Crippen molar-refractivity contribution >= 4 is 15.8 Å². The van der Waals surface area contributed by atoms with Gasteiger partial charge in [0.05, 0.1) is 5.75 Å². The highest BCUT2D eigenvalue weighted by Crippen LogP contribution is 2.10. The summed E-state index contributed by atoms with van der Waals surface area (Å²) in [7, 11) is -2.91. The topological polar surface area (TPSA) is 73.8 Å². The van der Waals surface area contributed by atoms with Gasteiger partial charge in [0, 0.05) is 45.0 Å². The first-order valence-corrected chi connectivity index (χ1v) is 12.1. The van der Waals surface area contributed by atoms with Crippen molar-refractivity contribution in [3.8, 4) is 0 Å². The smallest absolute Gasteiger partial charge is 0.191 e. The van der Waals surface area contributed by atoms with Gasteiger partial charge < -0.3 is 15.5 Å². The summed E-state index contributed by atoms with van der Waals surface area (Å²) in [6.45, 7) is 5.91. The van der Waals surface area contributed by atoms with Crippen LogP contribution in [0.25, 0.3) is 0 Å². The molecule has 28 heavy (non-hydrogen) atoms. The fourth-order valence-electron chi connectivity index (χ4n) is 3.28. The van der Waals surface area contributed by atoms with Crippen LogP contribution in [0.5, 0.6) is 0 Å². The third kappa shape index (κ3) is 9.01. The van der Waals surface area contributed by atoms with Gasteiger partial charge in [0.25, 0.3) is 0 Å². The van der Waals surface area contributed by atoms with Gasteiger partial charge in [0.15, 0.2) is 5.96 Å². The third-order valence-electron chi connectivity index (χ3n) is 4.83. The number of hydrogen-bond donors (Lipinski definition) is 2. The highest BCUT2D eigenvalue weighted by atomic mass is 32.2. The second-order valence-electron chi connectivity index (χ2n) is 7.38. The SMILES string of the molecule is CCNC(=NCCCc1cccc(F)c1)NC1CCN(CCS(C)(=O)=O)CC1. The van der Waals surface area contributed by atoms with Crippen molar-refractivity contribution in [3.63, 3.8) is 0 Å². The minimum Gasteiger partial charge on any atom is -0.357 e. The molecule has 0 unspecified atom stereocenters. The van der Waals surface area contributed by atoms with Crippen molar-refractivity contribution in [1.82, 2.24) is 15.5 Å². The minimum absolute atomic E-state index is 0.195. The van der Waals surface area contributed by atoms with Crippen LogP contribution >= 0.6 is 0 Å². The van der Waals surface area contributed by atoms with Gasteiger partial charge in [-0.1, -0.05) is 12.1 Å². The van der Waals surface area contributed by atoms with Crippen LogP contribution in [0.1, 0.15) is 31.7 Å². The minimum atomic E-state index is -2.91. The predicted octanol–water partition coefficient (Wildman–Crippen LogP) is 1.82. The zero-order valence-electron chi connectivity index (χ0n) is 17.0. The van der Waals surface area contributed by atoms with E-state index in [1.54, 1.807) is 12.1 Å². The molecule has 1 aliphatic rings. The molecule has 1 aliphatic heterocycles. The van der Waals surface area contributed by atoms with Crippen molar-refractivity contribution in [2.45, 2.75) is 38.6 Å². The summed E-state index contributed by atoms with van der Waals surface area (Å²) >= 11 is 0. The molecule has 2 N–H and O–H groups in total. The number of piperidine rings is 1. The maximum Gasteiger partial charge on any atom is 0.191 e. The molecule has 1 fully saturated rings. The van der Waals surface area contributed by atoms with E-state index in [2.05, 4.69) is 20.5 Å². The second-order valence-corrected chi connectivity index (χ2v) is 9.64. The Balaban J connectivity index is 1.73. The van der Waals surface area contributed by atoms with Gasteiger partial charge in [0.2, 0.25) is 0 Å². The molecule has 1 aromatic rings. The molecule has 0 aliphatic carbocycles. The summed E-state index contributed by atoms with van der Waals surface area (Å²) in [4.78, 5) is 6.85. The average Bonchev–Trinajstić information content (AvgIpc) is 2.64. The lowest BCUT2D eigenvalue weighted by Gasteiger charge is -2.32. The Bertz CT molecular complexity index is 731. The lowest BCUT2D eigenvalue weighted by molar-refractivity contribution is 0.216. The van der Waals surface area contributed by atoms with E-state index in [9.17, 15) is 12.8 Å². The zero-order chi connectivity index (χ0) is 20.4. The fraction of sp³-hybridized carbons (Fsp3) is 0.650. The molecular weight excluding hydrogens is 379 g/mol. The van der Waals surface area contributed by atoms with Crippen LogP contribution in [0.2, 0.25) is 0 Å². The van der Waals surface area contributed by atoms with E-state index < -0.39 is 9.84 Å². The lowest BCUT2D eigenvalue weighted by Crippen LogP contribution is -2.49. The number of aliphatic imine (C=N–C) groups is 1. The van der Waals surface area contributed by atoms with Crippen molar-refractivity contribution < 1.29 is 12.8 Å². The summed E-state index contributed by atoms with van der Waals surface area (Å²) < 4.78 is 35.8. The van der Waals surface area contributed by atoms with Crippen molar-refractivity contribution in [2.24, 2.45) is 4.99 Å². The Morgan fingerprint density at radius 1 is 1.32 bits per heavy atom. The molecule has 2 rings (SSSR count). The lowest BCUT2D eigenvalue weighted by atomic mass is 10.1. The number of guanidine groups is 1. The molecule has 158 valence electrons. The molecule has 1 aromatic carbocycles. The Labute approximate surface area is 168 Å². The van der Waals surface area contributed by atoms with Gasteiger partial charge in [-0.25, -0.2) is 12.8 Å². The van der Waals surface area contributed by atoms with Crippen LogP contribution in [0.15, 0.2) is 29.3 Å². The molecule has 0 radical (unpaired) electrons. The van der Waals surface area contributed by atoms with Crippen LogP contribution in [-0.4, -0.2) is 70.1 Å². The number of nitrogens with one attached hydrogen (secondary N) is 2. The van der Waals surface area contributed by atoms with Crippen LogP contribution in [0.3, 0.4) is 0 Å². The quantitative estimate of drug-likeness (QED) is 0.368. The molecule has 6 nitrogen and oxygen atoms in total. The molecule has 8 heteroatoms. The Morgan fingerprint density at radius 3 is 2.71 bits per heavy atom. The van der Waals surface area contributed by atoms with Gasteiger partial charge in [0.1, 0.15) is 15.7 Å². The maximum absolute atomic E-state index is 13.2. The normalized spacial score (nSPS) is 16.9. The number of rotatable bonds is 9. The van der Waals surface area contributed by atoms with Crippen molar-refractivity contribution in [3.05, 3.63) is 35.6 Å². The molecule has 1 saturated heterocycles. The van der Waals surface area contributed by atoms with Gasteiger partial charge in [-0.3, -0.25) is 4.99 Å². The predicted molar refractivity (Wildman–Crippen MR) is 113 cm³/mol. The summed E-state index contributed by atoms with van der Waals surface area (Å²) in [5.41, 5.74) is 0.995. The fourth-order valence-corrected chi connectivity index (χ4v) is 3.87. The van der Waals surface area contributed by atoms with Gasteiger partial charge >= 0.3 is 0 Å². The van der Waals surface area contributed by atoms with Gasteiger partial charge in [-0.05, 0) is 50.3 Å². The molecule has 0 amide bonds. The standard InChI is InChI=1S/C20H33FN4O2S/c1-3-22-20(23-11-5-7-17-6-4-8-18(21)16-17)24-19-9-12-25(13-10-19)14-15-28(2,26)27/h4,6,8,16,19H,3,5,7,9-15H2,1-2H3,(H2,22,23,24). The zero-order valence-corrected chi connectivity index (χ0v) is 17.8. The summed E-state index contributed by atoms with van der Waals surface area (Å²) in [5.74, 6) is 0.843. The van der Waals surface area contributed by atoms with Crippen LogP contribution in [0, 0.1) is 5.82 Å². The number of halogens is 1. The maximum atomic E-state index is 13.2. The summed E-state index contributed by atoms with van der Waals surface area (Å²) in [6, 6.07) is 7.05. The number of hydrogen-bond acceptors (Lipinski definition) is 4. The van der Waals surface area contributed by atoms with Crippen LogP contribution in [0.4, 0.5) is 4.39 Å². The first-order chi connectivity index (χ1) is 13.4. The number of sulfone groups is 1. The molecule has 0 atom stereocenters. The average molecular weight is 413 g/mol. The molecule has 0 spiro atoms. The first kappa shape index (κ1) is 22.6. The number of benzene rings is 1. The van der Waals surface area contributed by atoms with Gasteiger partial charge in [-0.15, -0.1) is 0 Å². The van der Waals surface area contributed by atoms with Crippen molar-refractivity contribution in [1.29, 1.82) is 0 Å². The van der Waals surface area contributed by atoms with Crippen LogP contribution < -0.4 is 10.6 Å².